The van der Waals surface area contributed by atoms with Crippen LogP contribution in [0.5, 0.6) is 0 Å². The molecule has 21 heavy (non-hydrogen) atoms. The van der Waals surface area contributed by atoms with Crippen molar-refractivity contribution >= 4 is 27.5 Å². The molecule has 6 heteroatoms. The van der Waals surface area contributed by atoms with Gasteiger partial charge in [0.2, 0.25) is 10.0 Å². The fourth-order valence-electron chi connectivity index (χ4n) is 2.30. The molecule has 120 valence electrons. The molecule has 0 atom stereocenters. The number of hydrogen-bond donors (Lipinski definition) is 2. The second-order valence-electron chi connectivity index (χ2n) is 5.40. The van der Waals surface area contributed by atoms with E-state index in [2.05, 4.69) is 18.6 Å². The van der Waals surface area contributed by atoms with Gasteiger partial charge in [0, 0.05) is 17.0 Å². The van der Waals surface area contributed by atoms with E-state index in [4.69, 9.17) is 5.73 Å². The first-order valence-corrected chi connectivity index (χ1v) is 9.83. The summed E-state index contributed by atoms with van der Waals surface area (Å²) in [6, 6.07) is 3.46. The highest BCUT2D eigenvalue weighted by Gasteiger charge is 2.28. The fourth-order valence-corrected chi connectivity index (χ4v) is 4.67. The highest BCUT2D eigenvalue weighted by atomic mass is 32.2. The van der Waals surface area contributed by atoms with Gasteiger partial charge < -0.3 is 5.73 Å². The van der Waals surface area contributed by atoms with Crippen LogP contribution in [0.2, 0.25) is 0 Å². The first kappa shape index (κ1) is 18.3. The molecule has 1 aromatic carbocycles. The lowest BCUT2D eigenvalue weighted by Crippen LogP contribution is -2.39. The van der Waals surface area contributed by atoms with Gasteiger partial charge in [0.25, 0.3) is 0 Å². The molecule has 0 spiro atoms. The highest BCUT2D eigenvalue weighted by molar-refractivity contribution is 8.00. The van der Waals surface area contributed by atoms with Crippen molar-refractivity contribution in [3.63, 3.8) is 0 Å². The maximum atomic E-state index is 12.6. The average molecular weight is 331 g/mol. The van der Waals surface area contributed by atoms with Crippen LogP contribution in [0.25, 0.3) is 0 Å². The molecule has 0 radical (unpaired) electrons. The van der Waals surface area contributed by atoms with E-state index in [1.165, 1.54) is 0 Å². The molecule has 0 bridgehead atoms. The van der Waals surface area contributed by atoms with Crippen LogP contribution in [-0.2, 0) is 10.0 Å². The van der Waals surface area contributed by atoms with Crippen molar-refractivity contribution in [3.05, 3.63) is 23.3 Å². The van der Waals surface area contributed by atoms with Crippen molar-refractivity contribution in [1.29, 1.82) is 0 Å². The molecule has 3 N–H and O–H groups in total. The fraction of sp³-hybridized carbons (Fsp3) is 0.600. The van der Waals surface area contributed by atoms with Crippen molar-refractivity contribution in [1.82, 2.24) is 4.72 Å². The lowest BCUT2D eigenvalue weighted by molar-refractivity contribution is 0.522. The number of nitrogen functional groups attached to an aromatic ring is 1. The zero-order valence-corrected chi connectivity index (χ0v) is 15.1. The summed E-state index contributed by atoms with van der Waals surface area (Å²) < 4.78 is 27.9. The number of thioether (sulfide) groups is 1. The van der Waals surface area contributed by atoms with E-state index in [1.807, 2.05) is 13.2 Å². The molecule has 0 aliphatic carbocycles. The number of aryl methyl sites for hydroxylation is 1. The number of hydrogen-bond acceptors (Lipinski definition) is 4. The van der Waals surface area contributed by atoms with Gasteiger partial charge in [-0.15, -0.1) is 0 Å². The number of anilines is 1. The monoisotopic (exact) mass is 330 g/mol. The predicted molar refractivity (Wildman–Crippen MR) is 92.3 cm³/mol. The lowest BCUT2D eigenvalue weighted by Gasteiger charge is -2.29. The molecule has 0 saturated carbocycles. The van der Waals surface area contributed by atoms with E-state index < -0.39 is 10.0 Å². The molecule has 0 aromatic heterocycles. The Labute approximate surface area is 132 Å². The van der Waals surface area contributed by atoms with Gasteiger partial charge in [-0.25, -0.2) is 13.1 Å². The minimum absolute atomic E-state index is 0.0592. The van der Waals surface area contributed by atoms with Gasteiger partial charge in [-0.2, -0.15) is 11.8 Å². The van der Waals surface area contributed by atoms with Crippen LogP contribution in [0.15, 0.2) is 17.0 Å². The molecule has 0 saturated heterocycles. The molecular formula is C15H26N2O2S2. The van der Waals surface area contributed by atoms with Gasteiger partial charge >= 0.3 is 0 Å². The standard InChI is InChI=1S/C15H26N2O2S2/c1-6-15(7-2,20-5)10-17-21(18,19)14-9-11(3)8-13(16)12(14)4/h8-9,17H,6-7,10,16H2,1-5H3. The Morgan fingerprint density at radius 2 is 1.81 bits per heavy atom. The molecule has 0 amide bonds. The zero-order chi connectivity index (χ0) is 16.3. The van der Waals surface area contributed by atoms with Crippen molar-refractivity contribution < 1.29 is 8.42 Å². The van der Waals surface area contributed by atoms with Gasteiger partial charge in [0.15, 0.2) is 0 Å². The molecule has 0 aliphatic rings. The molecule has 0 aliphatic heterocycles. The molecule has 1 aromatic rings. The van der Waals surface area contributed by atoms with Crippen LogP contribution >= 0.6 is 11.8 Å². The Bertz CT molecular complexity index is 586. The lowest BCUT2D eigenvalue weighted by atomic mass is 10.0. The predicted octanol–water partition coefficient (Wildman–Crippen LogP) is 3.09. The van der Waals surface area contributed by atoms with Gasteiger partial charge in [-0.05, 0) is 56.2 Å². The summed E-state index contributed by atoms with van der Waals surface area (Å²) in [6.45, 7) is 8.19. The summed E-state index contributed by atoms with van der Waals surface area (Å²) in [5.41, 5.74) is 7.85. The summed E-state index contributed by atoms with van der Waals surface area (Å²) >= 11 is 1.71. The van der Waals surface area contributed by atoms with E-state index in [0.29, 0.717) is 17.8 Å². The minimum Gasteiger partial charge on any atom is -0.398 e. The van der Waals surface area contributed by atoms with E-state index in [1.54, 1.807) is 30.8 Å². The Kier molecular flexibility index (Phi) is 6.13. The van der Waals surface area contributed by atoms with E-state index >= 15 is 0 Å². The molecule has 4 nitrogen and oxygen atoms in total. The largest absolute Gasteiger partial charge is 0.398 e. The van der Waals surface area contributed by atoms with Gasteiger partial charge in [0.05, 0.1) is 4.90 Å². The van der Waals surface area contributed by atoms with E-state index in [-0.39, 0.29) is 9.64 Å². The molecular weight excluding hydrogens is 304 g/mol. The third-order valence-corrected chi connectivity index (χ3v) is 7.26. The first-order valence-electron chi connectivity index (χ1n) is 7.13. The second kappa shape index (κ2) is 7.03. The normalized spacial score (nSPS) is 12.6. The summed E-state index contributed by atoms with van der Waals surface area (Å²) in [5, 5.41) is 0. The molecule has 0 unspecified atom stereocenters. The Morgan fingerprint density at radius 3 is 2.29 bits per heavy atom. The third-order valence-electron chi connectivity index (χ3n) is 4.14. The quantitative estimate of drug-likeness (QED) is 0.754. The highest BCUT2D eigenvalue weighted by Crippen LogP contribution is 2.30. The van der Waals surface area contributed by atoms with Crippen molar-refractivity contribution in [2.24, 2.45) is 0 Å². The van der Waals surface area contributed by atoms with Crippen LogP contribution in [0.1, 0.15) is 37.8 Å². The van der Waals surface area contributed by atoms with Crippen molar-refractivity contribution in [3.8, 4) is 0 Å². The van der Waals surface area contributed by atoms with Gasteiger partial charge in [-0.1, -0.05) is 13.8 Å². The van der Waals surface area contributed by atoms with Crippen LogP contribution in [0.4, 0.5) is 5.69 Å². The Balaban J connectivity index is 3.08. The summed E-state index contributed by atoms with van der Waals surface area (Å²) in [6.07, 6.45) is 3.86. The number of nitrogens with two attached hydrogens (primary N) is 1. The number of rotatable bonds is 7. The van der Waals surface area contributed by atoms with Crippen LogP contribution < -0.4 is 10.5 Å². The maximum absolute atomic E-state index is 12.6. The summed E-state index contributed by atoms with van der Waals surface area (Å²) in [4.78, 5) is 0.280. The molecule has 0 heterocycles. The SMILES string of the molecule is CCC(CC)(CNS(=O)(=O)c1cc(C)cc(N)c1C)SC. The van der Waals surface area contributed by atoms with Crippen LogP contribution in [-0.4, -0.2) is 26.0 Å². The maximum Gasteiger partial charge on any atom is 0.240 e. The molecule has 0 fully saturated rings. The summed E-state index contributed by atoms with van der Waals surface area (Å²) in [7, 11) is -3.54. The van der Waals surface area contributed by atoms with Crippen molar-refractivity contribution in [2.75, 3.05) is 18.5 Å². The zero-order valence-electron chi connectivity index (χ0n) is 13.5. The Hall–Kier alpha value is -0.720. The van der Waals surface area contributed by atoms with Gasteiger partial charge in [-0.3, -0.25) is 0 Å². The minimum atomic E-state index is -3.54. The second-order valence-corrected chi connectivity index (χ2v) is 8.41. The number of nitrogens with one attached hydrogen (secondary N) is 1. The number of sulfonamides is 1. The third kappa shape index (κ3) is 4.14. The van der Waals surface area contributed by atoms with Crippen LogP contribution in [0.3, 0.4) is 0 Å². The number of benzene rings is 1. The molecule has 1 rings (SSSR count). The first-order chi connectivity index (χ1) is 9.71. The smallest absolute Gasteiger partial charge is 0.240 e. The van der Waals surface area contributed by atoms with Gasteiger partial charge in [0.1, 0.15) is 0 Å². The van der Waals surface area contributed by atoms with Crippen molar-refractivity contribution in [2.45, 2.75) is 50.2 Å². The Morgan fingerprint density at radius 1 is 1.24 bits per heavy atom. The summed E-state index contributed by atoms with van der Waals surface area (Å²) in [5.74, 6) is 0. The van der Waals surface area contributed by atoms with E-state index in [0.717, 1.165) is 18.4 Å². The average Bonchev–Trinajstić information content (AvgIpc) is 2.45. The van der Waals surface area contributed by atoms with E-state index in [9.17, 15) is 8.42 Å². The van der Waals surface area contributed by atoms with Crippen LogP contribution in [0, 0.1) is 13.8 Å². The topological polar surface area (TPSA) is 72.2 Å².